The molecule has 3 nitrogen and oxygen atoms in total. The van der Waals surface area contributed by atoms with Gasteiger partial charge < -0.3 is 10.1 Å². The van der Waals surface area contributed by atoms with Gasteiger partial charge in [-0.1, -0.05) is 85.7 Å². The summed E-state index contributed by atoms with van der Waals surface area (Å²) in [6.45, 7) is 0.115. The van der Waals surface area contributed by atoms with E-state index < -0.39 is 0 Å². The third-order valence-corrected chi connectivity index (χ3v) is 8.10. The molecule has 29 heavy (non-hydrogen) atoms. The van der Waals surface area contributed by atoms with Gasteiger partial charge in [0.25, 0.3) is 5.91 Å². The van der Waals surface area contributed by atoms with Gasteiger partial charge in [-0.15, -0.1) is 0 Å². The first kappa shape index (κ1) is 22.9. The van der Waals surface area contributed by atoms with E-state index in [4.69, 9.17) is 4.74 Å². The zero-order valence-electron chi connectivity index (χ0n) is 17.8. The minimum atomic E-state index is 0.0144. The summed E-state index contributed by atoms with van der Waals surface area (Å²) in [6, 6.07) is 9.91. The van der Waals surface area contributed by atoms with Crippen molar-refractivity contribution in [2.75, 3.05) is 6.61 Å². The summed E-state index contributed by atoms with van der Waals surface area (Å²) in [5.41, 5.74) is 0. The first-order chi connectivity index (χ1) is 14.2. The summed E-state index contributed by atoms with van der Waals surface area (Å²) < 4.78 is 6.48. The van der Waals surface area contributed by atoms with E-state index in [2.05, 4.69) is 27.9 Å². The maximum atomic E-state index is 12.2. The first-order valence-electron chi connectivity index (χ1n) is 11.8. The van der Waals surface area contributed by atoms with E-state index >= 15 is 0 Å². The highest BCUT2D eigenvalue weighted by atomic mass is 127. The average Bonchev–Trinajstić information content (AvgIpc) is 2.79. The lowest BCUT2D eigenvalue weighted by Gasteiger charge is -2.34. The maximum absolute atomic E-state index is 12.2. The molecule has 1 N–H and O–H groups in total. The van der Waals surface area contributed by atoms with Gasteiger partial charge in [-0.25, -0.2) is 0 Å². The van der Waals surface area contributed by atoms with E-state index in [9.17, 15) is 4.79 Å². The number of hydrogen-bond donors (Lipinski definition) is 1. The van der Waals surface area contributed by atoms with Gasteiger partial charge in [0.15, 0.2) is 6.61 Å². The number of carbonyl (C=O) groups excluding carboxylic acids is 1. The third-order valence-electron chi connectivity index (χ3n) is 6.85. The molecular weight excluding hydrogens is 473 g/mol. The van der Waals surface area contributed by atoms with Crippen molar-refractivity contribution in [2.24, 2.45) is 11.8 Å². The average molecular weight is 511 g/mol. The topological polar surface area (TPSA) is 38.3 Å². The molecule has 2 fully saturated rings. The van der Waals surface area contributed by atoms with Gasteiger partial charge >= 0.3 is 0 Å². The quantitative estimate of drug-likeness (QED) is 0.354. The zero-order valence-corrected chi connectivity index (χ0v) is 19.9. The molecule has 0 saturated heterocycles. The summed E-state index contributed by atoms with van der Waals surface area (Å²) in [7, 11) is 0. The Kier molecular flexibility index (Phi) is 10.1. The minimum Gasteiger partial charge on any atom is -0.484 e. The number of halogens is 1. The Morgan fingerprint density at radius 3 is 2.14 bits per heavy atom. The molecule has 4 heteroatoms. The van der Waals surface area contributed by atoms with Gasteiger partial charge in [-0.3, -0.25) is 4.79 Å². The predicted molar refractivity (Wildman–Crippen MR) is 129 cm³/mol. The standard InChI is InChI=1S/C25H38INO2/c26-22-11-4-1-3-9-20(10-7-8-12-22)21-15-17-23(18-16-21)27-25(28)19-29-24-13-5-2-6-14-24/h2,5-6,13-14,20-23H,1,3-4,7-12,15-19H2,(H,27,28). The number of carbonyl (C=O) groups is 1. The lowest BCUT2D eigenvalue weighted by Crippen LogP contribution is -2.40. The fourth-order valence-corrected chi connectivity index (χ4v) is 6.03. The van der Waals surface area contributed by atoms with Crippen LogP contribution in [0.4, 0.5) is 0 Å². The molecule has 0 spiro atoms. The van der Waals surface area contributed by atoms with Crippen LogP contribution in [-0.2, 0) is 4.79 Å². The summed E-state index contributed by atoms with van der Waals surface area (Å²) in [6.07, 6.45) is 17.6. The largest absolute Gasteiger partial charge is 0.484 e. The molecule has 0 radical (unpaired) electrons. The number of ether oxygens (including phenoxy) is 1. The highest BCUT2D eigenvalue weighted by molar-refractivity contribution is 14.1. The second-order valence-electron chi connectivity index (χ2n) is 9.06. The van der Waals surface area contributed by atoms with Crippen LogP contribution in [0, 0.1) is 11.8 Å². The summed E-state index contributed by atoms with van der Waals surface area (Å²) in [5.74, 6) is 2.56. The van der Waals surface area contributed by atoms with E-state index in [0.29, 0.717) is 6.04 Å². The Balaban J connectivity index is 1.37. The molecule has 2 atom stereocenters. The molecule has 1 amide bonds. The predicted octanol–water partition coefficient (Wildman–Crippen LogP) is 6.68. The van der Waals surface area contributed by atoms with Gasteiger partial charge in [0.2, 0.25) is 0 Å². The number of alkyl halides is 1. The Morgan fingerprint density at radius 2 is 1.41 bits per heavy atom. The third kappa shape index (κ3) is 8.47. The highest BCUT2D eigenvalue weighted by Gasteiger charge is 2.28. The smallest absolute Gasteiger partial charge is 0.258 e. The fourth-order valence-electron chi connectivity index (χ4n) is 5.15. The molecule has 2 saturated carbocycles. The minimum absolute atomic E-state index is 0.0144. The molecule has 1 aromatic rings. The first-order valence-corrected chi connectivity index (χ1v) is 13.1. The zero-order chi connectivity index (χ0) is 20.3. The van der Waals surface area contributed by atoms with Crippen LogP contribution in [0.25, 0.3) is 0 Å². The SMILES string of the molecule is O=C(COc1ccccc1)NC1CCC(C2CCCCCC(I)CCCC2)CC1. The number of hydrogen-bond acceptors (Lipinski definition) is 2. The number of amides is 1. The fraction of sp³-hybridized carbons (Fsp3) is 0.720. The second-order valence-corrected chi connectivity index (χ2v) is 10.8. The molecular formula is C25H38INO2. The van der Waals surface area contributed by atoms with Crippen molar-refractivity contribution < 1.29 is 9.53 Å². The summed E-state index contributed by atoms with van der Waals surface area (Å²) in [4.78, 5) is 12.2. The van der Waals surface area contributed by atoms with Crippen LogP contribution < -0.4 is 10.1 Å². The van der Waals surface area contributed by atoms with Crippen LogP contribution >= 0.6 is 22.6 Å². The normalized spacial score (nSPS) is 29.4. The van der Waals surface area contributed by atoms with Gasteiger partial charge in [-0.05, 0) is 62.5 Å². The van der Waals surface area contributed by atoms with Crippen LogP contribution in [0.1, 0.15) is 83.5 Å². The van der Waals surface area contributed by atoms with Gasteiger partial charge in [0, 0.05) is 9.97 Å². The highest BCUT2D eigenvalue weighted by Crippen LogP contribution is 2.36. The molecule has 2 aliphatic carbocycles. The molecule has 162 valence electrons. The lowest BCUT2D eigenvalue weighted by atomic mass is 9.74. The molecule has 0 bridgehead atoms. The van der Waals surface area contributed by atoms with Gasteiger partial charge in [-0.2, -0.15) is 0 Å². The lowest BCUT2D eigenvalue weighted by molar-refractivity contribution is -0.124. The van der Waals surface area contributed by atoms with Gasteiger partial charge in [0.05, 0.1) is 0 Å². The van der Waals surface area contributed by atoms with Crippen molar-refractivity contribution in [3.8, 4) is 5.75 Å². The van der Waals surface area contributed by atoms with Gasteiger partial charge in [0.1, 0.15) is 5.75 Å². The monoisotopic (exact) mass is 511 g/mol. The summed E-state index contributed by atoms with van der Waals surface area (Å²) in [5, 5.41) is 3.20. The van der Waals surface area contributed by atoms with Crippen LogP contribution in [-0.4, -0.2) is 22.5 Å². The van der Waals surface area contributed by atoms with Crippen LogP contribution in [0.3, 0.4) is 0 Å². The number of nitrogens with one attached hydrogen (secondary N) is 1. The van der Waals surface area contributed by atoms with E-state index in [1.54, 1.807) is 0 Å². The Labute approximate surface area is 190 Å². The summed E-state index contributed by atoms with van der Waals surface area (Å²) >= 11 is 2.67. The van der Waals surface area contributed by atoms with E-state index in [-0.39, 0.29) is 12.5 Å². The molecule has 2 unspecified atom stereocenters. The Hall–Kier alpha value is -0.780. The van der Waals surface area contributed by atoms with Crippen molar-refractivity contribution in [1.82, 2.24) is 5.32 Å². The Bertz CT molecular complexity index is 586. The molecule has 2 aliphatic rings. The Morgan fingerprint density at radius 1 is 0.828 bits per heavy atom. The number of para-hydroxylation sites is 1. The van der Waals surface area contributed by atoms with E-state index in [1.807, 2.05) is 30.3 Å². The van der Waals surface area contributed by atoms with Crippen LogP contribution in [0.2, 0.25) is 0 Å². The molecule has 0 heterocycles. The second kappa shape index (κ2) is 12.8. The van der Waals surface area contributed by atoms with Crippen molar-refractivity contribution in [2.45, 2.75) is 93.4 Å². The van der Waals surface area contributed by atoms with Crippen LogP contribution in [0.5, 0.6) is 5.75 Å². The van der Waals surface area contributed by atoms with Crippen molar-refractivity contribution in [3.63, 3.8) is 0 Å². The van der Waals surface area contributed by atoms with E-state index in [1.165, 1.54) is 70.6 Å². The molecule has 3 rings (SSSR count). The van der Waals surface area contributed by atoms with E-state index in [0.717, 1.165) is 34.4 Å². The molecule has 0 aromatic heterocycles. The number of rotatable bonds is 5. The van der Waals surface area contributed by atoms with Crippen molar-refractivity contribution in [1.29, 1.82) is 0 Å². The molecule has 0 aliphatic heterocycles. The maximum Gasteiger partial charge on any atom is 0.258 e. The molecule has 1 aromatic carbocycles. The van der Waals surface area contributed by atoms with Crippen molar-refractivity contribution >= 4 is 28.5 Å². The number of benzene rings is 1. The van der Waals surface area contributed by atoms with Crippen molar-refractivity contribution in [3.05, 3.63) is 30.3 Å². The van der Waals surface area contributed by atoms with Crippen LogP contribution in [0.15, 0.2) is 30.3 Å².